The van der Waals surface area contributed by atoms with Gasteiger partial charge in [-0.15, -0.1) is 0 Å². The van der Waals surface area contributed by atoms with Crippen LogP contribution in [-0.4, -0.2) is 30.0 Å². The van der Waals surface area contributed by atoms with Gasteiger partial charge in [-0.25, -0.2) is 9.78 Å². The third kappa shape index (κ3) is 2.99. The molecule has 0 unspecified atom stereocenters. The Morgan fingerprint density at radius 3 is 2.86 bits per heavy atom. The number of hydrogen-bond donors (Lipinski definition) is 0. The van der Waals surface area contributed by atoms with Crippen LogP contribution in [0.5, 0.6) is 5.75 Å². The molecule has 0 atom stereocenters. The molecule has 0 amide bonds. The number of halogens is 1. The van der Waals surface area contributed by atoms with Crippen molar-refractivity contribution in [1.29, 1.82) is 0 Å². The van der Waals surface area contributed by atoms with Gasteiger partial charge in [0.25, 0.3) is 0 Å². The highest BCUT2D eigenvalue weighted by atomic mass is 79.9. The lowest BCUT2D eigenvalue weighted by Crippen LogP contribution is -2.04. The number of nitrogens with zero attached hydrogens (tertiary/aromatic N) is 1. The molecule has 1 aromatic heterocycles. The molecule has 0 aliphatic carbocycles. The van der Waals surface area contributed by atoms with E-state index in [4.69, 9.17) is 4.74 Å². The lowest BCUT2D eigenvalue weighted by atomic mass is 10.3. The van der Waals surface area contributed by atoms with Crippen molar-refractivity contribution in [3.63, 3.8) is 0 Å². The van der Waals surface area contributed by atoms with E-state index in [2.05, 4.69) is 25.7 Å². The fourth-order valence-corrected chi connectivity index (χ4v) is 1.01. The number of aromatic nitrogens is 1. The molecule has 0 aliphatic rings. The van der Waals surface area contributed by atoms with Crippen LogP contribution in [0.3, 0.4) is 0 Å². The fraction of sp³-hybridized carbons (Fsp3) is 0.333. The molecule has 1 rings (SSSR count). The van der Waals surface area contributed by atoms with Gasteiger partial charge in [0.2, 0.25) is 0 Å². The molecule has 0 aromatic carbocycles. The molecule has 0 aliphatic heterocycles. The third-order valence-electron chi connectivity index (χ3n) is 1.48. The van der Waals surface area contributed by atoms with Crippen LogP contribution in [0.15, 0.2) is 18.3 Å². The van der Waals surface area contributed by atoms with E-state index >= 15 is 0 Å². The highest BCUT2D eigenvalue weighted by Crippen LogP contribution is 2.09. The predicted molar refractivity (Wildman–Crippen MR) is 54.9 cm³/mol. The third-order valence-corrected chi connectivity index (χ3v) is 1.80. The molecule has 0 bridgehead atoms. The summed E-state index contributed by atoms with van der Waals surface area (Å²) in [6.45, 7) is 0.569. The Morgan fingerprint density at radius 1 is 1.57 bits per heavy atom. The predicted octanol–water partition coefficient (Wildman–Crippen LogP) is 1.64. The average Bonchev–Trinajstić information content (AvgIpc) is 2.26. The molecular weight excluding hydrogens is 250 g/mol. The Hall–Kier alpha value is -1.10. The zero-order chi connectivity index (χ0) is 10.4. The van der Waals surface area contributed by atoms with Crippen LogP contribution >= 0.6 is 15.9 Å². The van der Waals surface area contributed by atoms with E-state index in [1.165, 1.54) is 13.3 Å². The van der Waals surface area contributed by atoms with Gasteiger partial charge in [0.1, 0.15) is 11.4 Å². The average molecular weight is 260 g/mol. The number of pyridine rings is 1. The number of carbonyl (C=O) groups is 1. The molecule has 0 radical (unpaired) electrons. The van der Waals surface area contributed by atoms with Gasteiger partial charge in [0, 0.05) is 5.33 Å². The summed E-state index contributed by atoms with van der Waals surface area (Å²) < 4.78 is 9.77. The Balaban J connectivity index is 2.63. The molecule has 5 heteroatoms. The summed E-state index contributed by atoms with van der Waals surface area (Å²) in [5.74, 6) is 0.189. The quantitative estimate of drug-likeness (QED) is 0.610. The van der Waals surface area contributed by atoms with Crippen LogP contribution in [0, 0.1) is 0 Å². The molecule has 0 N–H and O–H groups in total. The van der Waals surface area contributed by atoms with Crippen molar-refractivity contribution in [2.45, 2.75) is 0 Å². The summed E-state index contributed by atoms with van der Waals surface area (Å²) in [4.78, 5) is 14.9. The van der Waals surface area contributed by atoms with Gasteiger partial charge in [-0.1, -0.05) is 15.9 Å². The van der Waals surface area contributed by atoms with Crippen molar-refractivity contribution in [2.24, 2.45) is 0 Å². The smallest absolute Gasteiger partial charge is 0.356 e. The van der Waals surface area contributed by atoms with E-state index in [0.29, 0.717) is 12.4 Å². The minimum absolute atomic E-state index is 0.277. The van der Waals surface area contributed by atoms with Gasteiger partial charge in [-0.2, -0.15) is 0 Å². The van der Waals surface area contributed by atoms with Crippen molar-refractivity contribution in [3.05, 3.63) is 24.0 Å². The Kier molecular flexibility index (Phi) is 4.39. The van der Waals surface area contributed by atoms with Crippen molar-refractivity contribution in [1.82, 2.24) is 4.98 Å². The standard InChI is InChI=1S/C9H10BrNO3/c1-13-9(12)8-3-2-7(6-11-8)14-5-4-10/h2-3,6H,4-5H2,1H3. The van der Waals surface area contributed by atoms with Crippen LogP contribution in [0.2, 0.25) is 0 Å². The van der Waals surface area contributed by atoms with Crippen LogP contribution in [-0.2, 0) is 4.74 Å². The second kappa shape index (κ2) is 5.59. The first kappa shape index (κ1) is 11.0. The minimum atomic E-state index is -0.447. The Labute approximate surface area is 90.4 Å². The fourth-order valence-electron chi connectivity index (χ4n) is 0.847. The highest BCUT2D eigenvalue weighted by molar-refractivity contribution is 9.09. The first-order valence-corrected chi connectivity index (χ1v) is 5.13. The van der Waals surface area contributed by atoms with Crippen molar-refractivity contribution < 1.29 is 14.3 Å². The second-order valence-corrected chi connectivity index (χ2v) is 3.20. The van der Waals surface area contributed by atoms with Crippen molar-refractivity contribution in [2.75, 3.05) is 19.0 Å². The molecular formula is C9H10BrNO3. The van der Waals surface area contributed by atoms with Gasteiger partial charge < -0.3 is 9.47 Å². The van der Waals surface area contributed by atoms with E-state index in [0.717, 1.165) is 5.33 Å². The lowest BCUT2D eigenvalue weighted by Gasteiger charge is -2.03. The summed E-state index contributed by atoms with van der Waals surface area (Å²) in [5, 5.41) is 0.756. The van der Waals surface area contributed by atoms with Crippen LogP contribution in [0.4, 0.5) is 0 Å². The maximum atomic E-state index is 11.0. The van der Waals surface area contributed by atoms with Gasteiger partial charge in [-0.05, 0) is 12.1 Å². The molecule has 0 saturated carbocycles. The molecule has 0 fully saturated rings. The van der Waals surface area contributed by atoms with E-state index in [1.54, 1.807) is 12.1 Å². The number of ether oxygens (including phenoxy) is 2. The zero-order valence-corrected chi connectivity index (χ0v) is 9.28. The molecule has 1 heterocycles. The van der Waals surface area contributed by atoms with Gasteiger partial charge in [0.05, 0.1) is 19.9 Å². The summed E-state index contributed by atoms with van der Waals surface area (Å²) >= 11 is 3.24. The summed E-state index contributed by atoms with van der Waals surface area (Å²) in [6.07, 6.45) is 1.49. The maximum Gasteiger partial charge on any atom is 0.356 e. The number of alkyl halides is 1. The Morgan fingerprint density at radius 2 is 2.36 bits per heavy atom. The SMILES string of the molecule is COC(=O)c1ccc(OCCBr)cn1. The number of methoxy groups -OCH3 is 1. The van der Waals surface area contributed by atoms with Crippen LogP contribution in [0.25, 0.3) is 0 Å². The summed E-state index contributed by atoms with van der Waals surface area (Å²) in [7, 11) is 1.32. The van der Waals surface area contributed by atoms with Gasteiger partial charge >= 0.3 is 5.97 Å². The van der Waals surface area contributed by atoms with E-state index < -0.39 is 5.97 Å². The zero-order valence-electron chi connectivity index (χ0n) is 7.70. The van der Waals surface area contributed by atoms with Gasteiger partial charge in [-0.3, -0.25) is 0 Å². The molecule has 0 saturated heterocycles. The minimum Gasteiger partial charge on any atom is -0.491 e. The van der Waals surface area contributed by atoms with E-state index in [-0.39, 0.29) is 5.69 Å². The van der Waals surface area contributed by atoms with E-state index in [1.807, 2.05) is 0 Å². The van der Waals surface area contributed by atoms with E-state index in [9.17, 15) is 4.79 Å². The molecule has 1 aromatic rings. The second-order valence-electron chi connectivity index (χ2n) is 2.41. The van der Waals surface area contributed by atoms with Gasteiger partial charge in [0.15, 0.2) is 0 Å². The van der Waals surface area contributed by atoms with Crippen molar-refractivity contribution >= 4 is 21.9 Å². The first-order chi connectivity index (χ1) is 6.77. The summed E-state index contributed by atoms with van der Waals surface area (Å²) in [5.41, 5.74) is 0.277. The normalized spacial score (nSPS) is 9.57. The topological polar surface area (TPSA) is 48.4 Å². The Bertz CT molecular complexity index is 299. The molecule has 76 valence electrons. The molecule has 14 heavy (non-hydrogen) atoms. The first-order valence-electron chi connectivity index (χ1n) is 4.01. The maximum absolute atomic E-state index is 11.0. The van der Waals surface area contributed by atoms with Crippen LogP contribution < -0.4 is 4.74 Å². The number of hydrogen-bond acceptors (Lipinski definition) is 4. The lowest BCUT2D eigenvalue weighted by molar-refractivity contribution is 0.0594. The summed E-state index contributed by atoms with van der Waals surface area (Å²) in [6, 6.07) is 3.25. The number of esters is 1. The monoisotopic (exact) mass is 259 g/mol. The largest absolute Gasteiger partial charge is 0.491 e. The molecule has 4 nitrogen and oxygen atoms in total. The highest BCUT2D eigenvalue weighted by Gasteiger charge is 2.05. The van der Waals surface area contributed by atoms with Crippen molar-refractivity contribution in [3.8, 4) is 5.75 Å². The van der Waals surface area contributed by atoms with Crippen LogP contribution in [0.1, 0.15) is 10.5 Å². The molecule has 0 spiro atoms. The number of carbonyl (C=O) groups excluding carboxylic acids is 1. The number of rotatable bonds is 4.